The number of hydrogen-bond acceptors (Lipinski definition) is 2. The molecule has 0 spiro atoms. The van der Waals surface area contributed by atoms with E-state index >= 15 is 0 Å². The summed E-state index contributed by atoms with van der Waals surface area (Å²) in [6, 6.07) is 16.0. The molecule has 3 rings (SSSR count). The maximum Gasteiger partial charge on any atom is 0.0995 e. The molecule has 2 N–H and O–H groups in total. The molecule has 2 heterocycles. The van der Waals surface area contributed by atoms with Gasteiger partial charge in [-0.1, -0.05) is 30.3 Å². The van der Waals surface area contributed by atoms with Crippen LogP contribution in [0, 0.1) is 11.3 Å². The highest BCUT2D eigenvalue weighted by molar-refractivity contribution is 5.73. The first-order chi connectivity index (χ1) is 8.33. The lowest BCUT2D eigenvalue weighted by Crippen LogP contribution is -2.07. The van der Waals surface area contributed by atoms with Gasteiger partial charge < -0.3 is 10.3 Å². The maximum absolute atomic E-state index is 9.26. The summed E-state index contributed by atoms with van der Waals surface area (Å²) in [6.45, 7) is 0. The predicted molar refractivity (Wildman–Crippen MR) is 65.7 cm³/mol. The highest BCUT2D eigenvalue weighted by Gasteiger charge is 2.30. The Balaban J connectivity index is 2.22. The highest BCUT2D eigenvalue weighted by Crippen LogP contribution is 2.37. The Morgan fingerprint density at radius 1 is 1.12 bits per heavy atom. The molecule has 0 fully saturated rings. The van der Waals surface area contributed by atoms with Gasteiger partial charge in [-0.2, -0.15) is 5.26 Å². The summed E-state index contributed by atoms with van der Waals surface area (Å²) < 4.78 is 2.04. The molecule has 3 nitrogen and oxygen atoms in total. The fraction of sp³-hybridized carbons (Fsp3) is 0.0714. The van der Waals surface area contributed by atoms with Crippen LogP contribution in [0.3, 0.4) is 0 Å². The van der Waals surface area contributed by atoms with Crippen molar-refractivity contribution in [1.29, 1.82) is 5.26 Å². The molecule has 1 unspecified atom stereocenters. The van der Waals surface area contributed by atoms with Gasteiger partial charge in [-0.15, -0.1) is 0 Å². The fourth-order valence-electron chi connectivity index (χ4n) is 2.36. The van der Waals surface area contributed by atoms with E-state index in [2.05, 4.69) is 6.07 Å². The first kappa shape index (κ1) is 9.73. The molecule has 0 aliphatic carbocycles. The third-order valence-electron chi connectivity index (χ3n) is 3.13. The van der Waals surface area contributed by atoms with Crippen LogP contribution in [0.4, 0.5) is 0 Å². The maximum atomic E-state index is 9.26. The lowest BCUT2D eigenvalue weighted by atomic mass is 10.0. The zero-order valence-corrected chi connectivity index (χ0v) is 9.17. The molecule has 0 saturated heterocycles. The van der Waals surface area contributed by atoms with Gasteiger partial charge in [0.05, 0.1) is 29.1 Å². The van der Waals surface area contributed by atoms with E-state index in [1.807, 2.05) is 53.2 Å². The van der Waals surface area contributed by atoms with Crippen molar-refractivity contribution in [3.63, 3.8) is 0 Å². The van der Waals surface area contributed by atoms with Gasteiger partial charge in [0, 0.05) is 6.20 Å². The summed E-state index contributed by atoms with van der Waals surface area (Å²) in [6.07, 6.45) is 1.96. The van der Waals surface area contributed by atoms with Crippen LogP contribution in [-0.4, -0.2) is 4.57 Å². The number of nitrogens with zero attached hydrogens (tertiary/aromatic N) is 2. The van der Waals surface area contributed by atoms with Gasteiger partial charge in [0.2, 0.25) is 0 Å². The molecular formula is C14H11N3. The minimum Gasteiger partial charge on any atom is -0.396 e. The van der Waals surface area contributed by atoms with Crippen LogP contribution in [0.5, 0.6) is 0 Å². The van der Waals surface area contributed by atoms with Crippen LogP contribution in [-0.2, 0) is 0 Å². The molecule has 2 aromatic rings. The Morgan fingerprint density at radius 3 is 2.59 bits per heavy atom. The van der Waals surface area contributed by atoms with Crippen molar-refractivity contribution in [2.45, 2.75) is 6.04 Å². The second-order valence-electron chi connectivity index (χ2n) is 4.05. The lowest BCUT2D eigenvalue weighted by molar-refractivity contribution is 0.703. The first-order valence-corrected chi connectivity index (χ1v) is 5.45. The van der Waals surface area contributed by atoms with Gasteiger partial charge in [-0.05, 0) is 17.7 Å². The van der Waals surface area contributed by atoms with Crippen molar-refractivity contribution < 1.29 is 0 Å². The Kier molecular flexibility index (Phi) is 2.02. The molecule has 1 aliphatic rings. The topological polar surface area (TPSA) is 54.7 Å². The number of hydrogen-bond donors (Lipinski definition) is 1. The van der Waals surface area contributed by atoms with Crippen LogP contribution < -0.4 is 5.73 Å². The van der Waals surface area contributed by atoms with E-state index in [1.54, 1.807) is 0 Å². The first-order valence-electron chi connectivity index (χ1n) is 5.45. The van der Waals surface area contributed by atoms with Gasteiger partial charge in [0.15, 0.2) is 0 Å². The molecule has 3 heteroatoms. The van der Waals surface area contributed by atoms with Crippen LogP contribution >= 0.6 is 0 Å². The normalized spacial score (nSPS) is 17.9. The average Bonchev–Trinajstić information content (AvgIpc) is 2.92. The van der Waals surface area contributed by atoms with E-state index in [4.69, 9.17) is 5.73 Å². The average molecular weight is 221 g/mol. The number of rotatable bonds is 1. The summed E-state index contributed by atoms with van der Waals surface area (Å²) >= 11 is 0. The van der Waals surface area contributed by atoms with Crippen molar-refractivity contribution in [2.24, 2.45) is 5.73 Å². The van der Waals surface area contributed by atoms with E-state index < -0.39 is 0 Å². The summed E-state index contributed by atoms with van der Waals surface area (Å²) in [4.78, 5) is 0. The third kappa shape index (κ3) is 1.28. The standard InChI is InChI=1S/C14H11N3/c15-9-11-13(16)12-7-4-8-17(12)14(11)10-5-2-1-3-6-10/h1-8,14H,16H2. The minimum absolute atomic E-state index is 0.0776. The number of nitrogens with two attached hydrogens (primary N) is 1. The molecule has 0 bridgehead atoms. The molecule has 1 aromatic carbocycles. The Bertz CT molecular complexity index is 629. The van der Waals surface area contributed by atoms with Gasteiger partial charge in [-0.25, -0.2) is 0 Å². The van der Waals surface area contributed by atoms with Gasteiger partial charge in [0.25, 0.3) is 0 Å². The van der Waals surface area contributed by atoms with Crippen LogP contribution in [0.25, 0.3) is 5.70 Å². The molecule has 0 radical (unpaired) electrons. The summed E-state index contributed by atoms with van der Waals surface area (Å²) in [5.41, 5.74) is 9.24. The number of benzene rings is 1. The second kappa shape index (κ2) is 3.53. The van der Waals surface area contributed by atoms with E-state index in [0.29, 0.717) is 11.3 Å². The summed E-state index contributed by atoms with van der Waals surface area (Å²) in [5.74, 6) is 0. The van der Waals surface area contributed by atoms with Gasteiger partial charge in [-0.3, -0.25) is 0 Å². The van der Waals surface area contributed by atoms with Gasteiger partial charge in [0.1, 0.15) is 0 Å². The number of allylic oxidation sites excluding steroid dienone is 1. The van der Waals surface area contributed by atoms with Crippen molar-refractivity contribution in [2.75, 3.05) is 0 Å². The van der Waals surface area contributed by atoms with Crippen molar-refractivity contribution >= 4 is 5.70 Å². The zero-order valence-electron chi connectivity index (χ0n) is 9.17. The Morgan fingerprint density at radius 2 is 1.88 bits per heavy atom. The lowest BCUT2D eigenvalue weighted by Gasteiger charge is -2.14. The zero-order chi connectivity index (χ0) is 11.8. The highest BCUT2D eigenvalue weighted by atomic mass is 15.1. The SMILES string of the molecule is N#CC1=C(N)c2cccn2C1c1ccccc1. The molecule has 1 aromatic heterocycles. The van der Waals surface area contributed by atoms with E-state index in [0.717, 1.165) is 11.3 Å². The molecule has 1 atom stereocenters. The molecule has 0 amide bonds. The Labute approximate surface area is 99.4 Å². The van der Waals surface area contributed by atoms with E-state index in [9.17, 15) is 5.26 Å². The number of nitriles is 1. The van der Waals surface area contributed by atoms with Crippen molar-refractivity contribution in [3.05, 3.63) is 65.5 Å². The Hall–Kier alpha value is -2.47. The summed E-state index contributed by atoms with van der Waals surface area (Å²) in [7, 11) is 0. The monoisotopic (exact) mass is 221 g/mol. The predicted octanol–water partition coefficient (Wildman–Crippen LogP) is 2.28. The molecular weight excluding hydrogens is 210 g/mol. The fourth-order valence-corrected chi connectivity index (χ4v) is 2.36. The van der Waals surface area contributed by atoms with E-state index in [-0.39, 0.29) is 6.04 Å². The van der Waals surface area contributed by atoms with Crippen LogP contribution in [0.1, 0.15) is 17.3 Å². The minimum atomic E-state index is -0.0776. The van der Waals surface area contributed by atoms with E-state index in [1.165, 1.54) is 0 Å². The molecule has 17 heavy (non-hydrogen) atoms. The third-order valence-corrected chi connectivity index (χ3v) is 3.13. The molecule has 82 valence electrons. The van der Waals surface area contributed by atoms with Crippen molar-refractivity contribution in [1.82, 2.24) is 4.57 Å². The summed E-state index contributed by atoms with van der Waals surface area (Å²) in [5, 5.41) is 9.26. The second-order valence-corrected chi connectivity index (χ2v) is 4.05. The van der Waals surface area contributed by atoms with Crippen LogP contribution in [0.2, 0.25) is 0 Å². The smallest absolute Gasteiger partial charge is 0.0995 e. The quantitative estimate of drug-likeness (QED) is 0.803. The molecule has 0 saturated carbocycles. The molecule has 1 aliphatic heterocycles. The van der Waals surface area contributed by atoms with Crippen molar-refractivity contribution in [3.8, 4) is 6.07 Å². The number of aromatic nitrogens is 1. The largest absolute Gasteiger partial charge is 0.396 e. The number of fused-ring (bicyclic) bond motifs is 1. The van der Waals surface area contributed by atoms with Crippen LogP contribution in [0.15, 0.2) is 54.2 Å². The van der Waals surface area contributed by atoms with Gasteiger partial charge >= 0.3 is 0 Å².